The minimum atomic E-state index is -3.75. The summed E-state index contributed by atoms with van der Waals surface area (Å²) in [5, 5.41) is 2.68. The molecule has 1 heterocycles. The molecular weight excluding hydrogens is 410 g/mol. The van der Waals surface area contributed by atoms with Crippen LogP contribution in [0.15, 0.2) is 72.1 Å². The molecule has 1 unspecified atom stereocenters. The van der Waals surface area contributed by atoms with Crippen LogP contribution in [0.1, 0.15) is 22.0 Å². The van der Waals surface area contributed by atoms with Gasteiger partial charge < -0.3 is 10.2 Å². The first-order valence-electron chi connectivity index (χ1n) is 9.18. The zero-order valence-corrected chi connectivity index (χ0v) is 18.0. The highest BCUT2D eigenvalue weighted by Crippen LogP contribution is 2.31. The Morgan fingerprint density at radius 2 is 1.90 bits per heavy atom. The number of benzene rings is 2. The molecule has 3 rings (SSSR count). The van der Waals surface area contributed by atoms with Gasteiger partial charge in [-0.1, -0.05) is 42.5 Å². The second-order valence-corrected chi connectivity index (χ2v) is 8.72. The summed E-state index contributed by atoms with van der Waals surface area (Å²) in [7, 11) is -1.76. The van der Waals surface area contributed by atoms with Gasteiger partial charge >= 0.3 is 0 Å². The summed E-state index contributed by atoms with van der Waals surface area (Å²) in [4.78, 5) is 14.5. The number of carbonyl (C=O) groups excluding carboxylic acids is 1. The highest BCUT2D eigenvalue weighted by molar-refractivity contribution is 7.89. The molecule has 6 nitrogen and oxygen atoms in total. The number of hydrogen-bond donors (Lipinski definition) is 1. The third-order valence-corrected chi connectivity index (χ3v) is 6.73. The van der Waals surface area contributed by atoms with Gasteiger partial charge in [0.25, 0.3) is 5.91 Å². The number of amides is 1. The van der Waals surface area contributed by atoms with Crippen LogP contribution in [-0.4, -0.2) is 56.8 Å². The summed E-state index contributed by atoms with van der Waals surface area (Å²) in [5.74, 6) is -0.324. The van der Waals surface area contributed by atoms with E-state index in [1.807, 2.05) is 37.4 Å². The van der Waals surface area contributed by atoms with Crippen LogP contribution in [0, 0.1) is 0 Å². The molecule has 0 saturated carbocycles. The van der Waals surface area contributed by atoms with Gasteiger partial charge in [0, 0.05) is 31.7 Å². The maximum absolute atomic E-state index is 13.4. The van der Waals surface area contributed by atoms with Crippen molar-refractivity contribution >= 4 is 28.3 Å². The predicted octanol–water partition coefficient (Wildman–Crippen LogP) is 2.70. The van der Waals surface area contributed by atoms with Crippen LogP contribution in [0.25, 0.3) is 0 Å². The fourth-order valence-corrected chi connectivity index (χ4v) is 4.98. The summed E-state index contributed by atoms with van der Waals surface area (Å²) in [6, 6.07) is 15.6. The molecule has 0 aromatic heterocycles. The van der Waals surface area contributed by atoms with Crippen LogP contribution in [0.3, 0.4) is 0 Å². The number of nitrogens with one attached hydrogen (secondary N) is 1. The van der Waals surface area contributed by atoms with Crippen LogP contribution in [0.4, 0.5) is 0 Å². The molecule has 1 saturated heterocycles. The van der Waals surface area contributed by atoms with Crippen LogP contribution < -0.4 is 5.32 Å². The van der Waals surface area contributed by atoms with Gasteiger partial charge in [0.1, 0.15) is 0 Å². The third kappa shape index (κ3) is 5.25. The van der Waals surface area contributed by atoms with Crippen molar-refractivity contribution in [3.05, 3.63) is 78.4 Å². The molecule has 1 amide bonds. The zero-order valence-electron chi connectivity index (χ0n) is 16.3. The molecular formula is C21H26ClN3O3S. The smallest absolute Gasteiger partial charge is 0.251 e. The summed E-state index contributed by atoms with van der Waals surface area (Å²) >= 11 is 0. The van der Waals surface area contributed by atoms with Gasteiger partial charge in [0.2, 0.25) is 10.0 Å². The Morgan fingerprint density at radius 3 is 2.59 bits per heavy atom. The molecule has 0 radical (unpaired) electrons. The summed E-state index contributed by atoms with van der Waals surface area (Å²) < 4.78 is 28.4. The van der Waals surface area contributed by atoms with E-state index < -0.39 is 10.0 Å². The van der Waals surface area contributed by atoms with E-state index >= 15 is 0 Å². The zero-order chi connectivity index (χ0) is 20.1. The molecule has 0 bridgehead atoms. The number of piperazine rings is 1. The van der Waals surface area contributed by atoms with Gasteiger partial charge in [-0.2, -0.15) is 4.31 Å². The standard InChI is InChI=1S/C21H25N3O3S.ClH/c1-3-12-22-21(25)18-10-7-11-19(15-18)28(26,27)24-14-13-23(2)16-20(24)17-8-5-4-6-9-17;/h3-11,15,20H,1,12-14,16H2,2H3,(H,22,25);1H. The molecule has 2 aromatic carbocycles. The fraction of sp³-hybridized carbons (Fsp3) is 0.286. The predicted molar refractivity (Wildman–Crippen MR) is 117 cm³/mol. The van der Waals surface area contributed by atoms with Crippen LogP contribution in [0.5, 0.6) is 0 Å². The van der Waals surface area contributed by atoms with Gasteiger partial charge in [0.15, 0.2) is 0 Å². The van der Waals surface area contributed by atoms with Crippen molar-refractivity contribution in [3.63, 3.8) is 0 Å². The second-order valence-electron chi connectivity index (χ2n) is 6.83. The van der Waals surface area contributed by atoms with Crippen molar-refractivity contribution in [2.24, 2.45) is 0 Å². The first kappa shape index (κ1) is 23.1. The first-order valence-corrected chi connectivity index (χ1v) is 10.6. The lowest BCUT2D eigenvalue weighted by Crippen LogP contribution is -2.49. The molecule has 2 aromatic rings. The maximum atomic E-state index is 13.4. The van der Waals surface area contributed by atoms with Crippen LogP contribution >= 0.6 is 12.4 Å². The lowest BCUT2D eigenvalue weighted by Gasteiger charge is -2.39. The highest BCUT2D eigenvalue weighted by atomic mass is 35.5. The Kier molecular flexibility index (Phi) is 7.98. The molecule has 1 atom stereocenters. The summed E-state index contributed by atoms with van der Waals surface area (Å²) in [5.41, 5.74) is 1.27. The fourth-order valence-electron chi connectivity index (χ4n) is 3.34. The number of carbonyl (C=O) groups is 1. The van der Waals surface area contributed by atoms with Crippen LogP contribution in [-0.2, 0) is 10.0 Å². The average Bonchev–Trinajstić information content (AvgIpc) is 2.72. The average molecular weight is 436 g/mol. The Labute approximate surface area is 178 Å². The molecule has 0 aliphatic carbocycles. The van der Waals surface area contributed by atoms with Crippen molar-refractivity contribution < 1.29 is 13.2 Å². The molecule has 1 fully saturated rings. The minimum Gasteiger partial charge on any atom is -0.349 e. The maximum Gasteiger partial charge on any atom is 0.251 e. The first-order chi connectivity index (χ1) is 13.4. The number of halogens is 1. The highest BCUT2D eigenvalue weighted by Gasteiger charge is 2.36. The SMILES string of the molecule is C=CCNC(=O)c1cccc(S(=O)(=O)N2CCN(C)CC2c2ccccc2)c1.Cl. The lowest BCUT2D eigenvalue weighted by atomic mass is 10.1. The molecule has 1 aliphatic heterocycles. The van der Waals surface area contributed by atoms with Crippen LogP contribution in [0.2, 0.25) is 0 Å². The van der Waals surface area contributed by atoms with E-state index in [-0.39, 0.29) is 29.3 Å². The molecule has 1 aliphatic rings. The van der Waals surface area contributed by atoms with E-state index in [0.29, 0.717) is 31.7 Å². The summed E-state index contributed by atoms with van der Waals surface area (Å²) in [6.45, 7) is 5.55. The molecule has 29 heavy (non-hydrogen) atoms. The third-order valence-electron chi connectivity index (χ3n) is 4.83. The monoisotopic (exact) mass is 435 g/mol. The lowest BCUT2D eigenvalue weighted by molar-refractivity contribution is 0.0958. The second kappa shape index (κ2) is 10.0. The van der Waals surface area contributed by atoms with Crippen molar-refractivity contribution in [3.8, 4) is 0 Å². The topological polar surface area (TPSA) is 69.7 Å². The van der Waals surface area contributed by atoms with Gasteiger partial charge in [-0.15, -0.1) is 19.0 Å². The van der Waals surface area contributed by atoms with Gasteiger partial charge in [-0.05, 0) is 30.8 Å². The van der Waals surface area contributed by atoms with Gasteiger partial charge in [-0.25, -0.2) is 8.42 Å². The van der Waals surface area contributed by atoms with E-state index in [1.165, 1.54) is 6.07 Å². The van der Waals surface area contributed by atoms with E-state index in [4.69, 9.17) is 0 Å². The largest absolute Gasteiger partial charge is 0.349 e. The molecule has 1 N–H and O–H groups in total. The van der Waals surface area contributed by atoms with Crippen molar-refractivity contribution in [2.45, 2.75) is 10.9 Å². The number of likely N-dealkylation sites (N-methyl/N-ethyl adjacent to an activating group) is 1. The number of hydrogen-bond acceptors (Lipinski definition) is 4. The van der Waals surface area contributed by atoms with E-state index in [2.05, 4.69) is 16.8 Å². The number of nitrogens with zero attached hydrogens (tertiary/aromatic N) is 2. The molecule has 0 spiro atoms. The van der Waals surface area contributed by atoms with Gasteiger partial charge in [0.05, 0.1) is 10.9 Å². The van der Waals surface area contributed by atoms with Crippen molar-refractivity contribution in [1.29, 1.82) is 0 Å². The minimum absolute atomic E-state index is 0. The number of sulfonamides is 1. The Bertz CT molecular complexity index is 951. The Hall–Kier alpha value is -2.19. The van der Waals surface area contributed by atoms with E-state index in [1.54, 1.807) is 28.6 Å². The number of rotatable bonds is 6. The van der Waals surface area contributed by atoms with Crippen molar-refractivity contribution in [2.75, 3.05) is 33.2 Å². The van der Waals surface area contributed by atoms with E-state index in [9.17, 15) is 13.2 Å². The Morgan fingerprint density at radius 1 is 1.17 bits per heavy atom. The van der Waals surface area contributed by atoms with E-state index in [0.717, 1.165) is 5.56 Å². The quantitative estimate of drug-likeness (QED) is 0.708. The van der Waals surface area contributed by atoms with Crippen molar-refractivity contribution in [1.82, 2.24) is 14.5 Å². The van der Waals surface area contributed by atoms with Gasteiger partial charge in [-0.3, -0.25) is 4.79 Å². The normalized spacial score (nSPS) is 17.9. The molecule has 8 heteroatoms. The Balaban J connectivity index is 0.00000300. The summed E-state index contributed by atoms with van der Waals surface area (Å²) in [6.07, 6.45) is 1.58. The molecule has 156 valence electrons.